The van der Waals surface area contributed by atoms with Gasteiger partial charge in [-0.25, -0.2) is 0 Å². The number of amides is 2. The van der Waals surface area contributed by atoms with Crippen LogP contribution in [0.3, 0.4) is 0 Å². The summed E-state index contributed by atoms with van der Waals surface area (Å²) in [6.45, 7) is 2.60. The predicted molar refractivity (Wildman–Crippen MR) is 129 cm³/mol. The van der Waals surface area contributed by atoms with Gasteiger partial charge in [-0.15, -0.1) is 0 Å². The molecule has 33 heavy (non-hydrogen) atoms. The number of benzene rings is 3. The molecule has 1 N–H and O–H groups in total. The second-order valence-corrected chi connectivity index (χ2v) is 9.03. The van der Waals surface area contributed by atoms with Crippen molar-refractivity contribution in [3.05, 3.63) is 87.8 Å². The highest BCUT2D eigenvalue weighted by atomic mass is 32.2. The quantitative estimate of drug-likeness (QED) is 0.571. The highest BCUT2D eigenvalue weighted by Crippen LogP contribution is 2.42. The average Bonchev–Trinajstić information content (AvgIpc) is 3.29. The summed E-state index contributed by atoms with van der Waals surface area (Å²) in [5.41, 5.74) is 4.27. The third-order valence-electron chi connectivity index (χ3n) is 5.55. The number of carbonyl (C=O) groups excluding carboxylic acids is 2. The SMILES string of the molecule is Cc1cccc(/C=C2/Sc3ccc(C(=O)NCc4ccc5c(c4)OCO5)cc3N(C)C2=O)c1. The van der Waals surface area contributed by atoms with Gasteiger partial charge in [0.1, 0.15) is 0 Å². The second kappa shape index (κ2) is 8.67. The van der Waals surface area contributed by atoms with E-state index in [0.717, 1.165) is 27.3 Å². The number of hydrogen-bond acceptors (Lipinski definition) is 5. The molecule has 0 bridgehead atoms. The molecule has 0 aliphatic carbocycles. The van der Waals surface area contributed by atoms with E-state index in [1.807, 2.05) is 61.5 Å². The smallest absolute Gasteiger partial charge is 0.264 e. The van der Waals surface area contributed by atoms with E-state index in [0.29, 0.717) is 28.5 Å². The van der Waals surface area contributed by atoms with Crippen LogP contribution in [0.5, 0.6) is 11.5 Å². The van der Waals surface area contributed by atoms with Crippen molar-refractivity contribution in [2.24, 2.45) is 0 Å². The molecule has 3 aromatic rings. The number of hydrogen-bond donors (Lipinski definition) is 1. The summed E-state index contributed by atoms with van der Waals surface area (Å²) in [5.74, 6) is 1.09. The third kappa shape index (κ3) is 4.32. The summed E-state index contributed by atoms with van der Waals surface area (Å²) in [5, 5.41) is 2.93. The Morgan fingerprint density at radius 1 is 1.09 bits per heavy atom. The van der Waals surface area contributed by atoms with Crippen molar-refractivity contribution in [3.8, 4) is 11.5 Å². The lowest BCUT2D eigenvalue weighted by Gasteiger charge is -2.27. The Morgan fingerprint density at radius 3 is 2.79 bits per heavy atom. The molecule has 2 heterocycles. The maximum absolute atomic E-state index is 13.0. The van der Waals surface area contributed by atoms with Crippen LogP contribution in [0, 0.1) is 6.92 Å². The number of fused-ring (bicyclic) bond motifs is 2. The molecule has 2 aliphatic heterocycles. The number of nitrogens with one attached hydrogen (secondary N) is 1. The maximum atomic E-state index is 13.0. The van der Waals surface area contributed by atoms with Crippen LogP contribution in [0.2, 0.25) is 0 Å². The first-order valence-electron chi connectivity index (χ1n) is 10.5. The van der Waals surface area contributed by atoms with Gasteiger partial charge in [-0.2, -0.15) is 0 Å². The molecule has 0 atom stereocenters. The Bertz CT molecular complexity index is 1300. The fourth-order valence-corrected chi connectivity index (χ4v) is 4.87. The first kappa shape index (κ1) is 21.2. The van der Waals surface area contributed by atoms with Gasteiger partial charge in [0.05, 0.1) is 10.6 Å². The van der Waals surface area contributed by atoms with E-state index in [9.17, 15) is 9.59 Å². The van der Waals surface area contributed by atoms with Crippen LogP contribution in [0.25, 0.3) is 6.08 Å². The molecule has 2 aliphatic rings. The zero-order valence-electron chi connectivity index (χ0n) is 18.3. The van der Waals surface area contributed by atoms with Crippen molar-refractivity contribution < 1.29 is 19.1 Å². The van der Waals surface area contributed by atoms with E-state index in [1.54, 1.807) is 24.1 Å². The van der Waals surface area contributed by atoms with Gasteiger partial charge in [-0.3, -0.25) is 9.59 Å². The van der Waals surface area contributed by atoms with E-state index >= 15 is 0 Å². The van der Waals surface area contributed by atoms with Crippen LogP contribution in [-0.2, 0) is 11.3 Å². The van der Waals surface area contributed by atoms with Crippen molar-refractivity contribution in [2.45, 2.75) is 18.4 Å². The minimum Gasteiger partial charge on any atom is -0.454 e. The van der Waals surface area contributed by atoms with Crippen LogP contribution in [0.15, 0.2) is 70.5 Å². The van der Waals surface area contributed by atoms with Crippen molar-refractivity contribution in [1.29, 1.82) is 0 Å². The van der Waals surface area contributed by atoms with Crippen molar-refractivity contribution >= 4 is 35.3 Å². The molecule has 0 aromatic heterocycles. The van der Waals surface area contributed by atoms with Gasteiger partial charge in [0.2, 0.25) is 6.79 Å². The van der Waals surface area contributed by atoms with Gasteiger partial charge in [-0.05, 0) is 54.5 Å². The Morgan fingerprint density at radius 2 is 1.94 bits per heavy atom. The second-order valence-electron chi connectivity index (χ2n) is 7.94. The van der Waals surface area contributed by atoms with Crippen LogP contribution in [0.1, 0.15) is 27.0 Å². The molecule has 2 amide bonds. The van der Waals surface area contributed by atoms with E-state index in [2.05, 4.69) is 5.32 Å². The van der Waals surface area contributed by atoms with Crippen LogP contribution >= 0.6 is 11.8 Å². The Hall–Kier alpha value is -3.71. The van der Waals surface area contributed by atoms with E-state index in [-0.39, 0.29) is 18.6 Å². The first-order valence-corrected chi connectivity index (χ1v) is 11.3. The Labute approximate surface area is 196 Å². The fraction of sp³-hybridized carbons (Fsp3) is 0.154. The summed E-state index contributed by atoms with van der Waals surface area (Å²) >= 11 is 1.42. The fourth-order valence-electron chi connectivity index (χ4n) is 3.78. The van der Waals surface area contributed by atoms with E-state index in [4.69, 9.17) is 9.47 Å². The van der Waals surface area contributed by atoms with Gasteiger partial charge in [0.25, 0.3) is 11.8 Å². The van der Waals surface area contributed by atoms with Crippen LogP contribution in [0.4, 0.5) is 5.69 Å². The zero-order chi connectivity index (χ0) is 22.9. The number of rotatable bonds is 4. The maximum Gasteiger partial charge on any atom is 0.264 e. The van der Waals surface area contributed by atoms with Crippen LogP contribution in [-0.4, -0.2) is 25.7 Å². The standard InChI is InChI=1S/C26H22N2O4S/c1-16-4-3-5-17(10-16)12-24-26(30)28(2)20-13-19(7-9-23(20)33-24)25(29)27-14-18-6-8-21-22(11-18)32-15-31-21/h3-13H,14-15H2,1-2H3,(H,27,29)/b24-12+. The molecule has 0 spiro atoms. The number of aryl methyl sites for hydroxylation is 1. The van der Waals surface area contributed by atoms with Crippen LogP contribution < -0.4 is 19.7 Å². The lowest BCUT2D eigenvalue weighted by atomic mass is 10.1. The van der Waals surface area contributed by atoms with Gasteiger partial charge in [0.15, 0.2) is 11.5 Å². The van der Waals surface area contributed by atoms with E-state index < -0.39 is 0 Å². The molecule has 0 unspecified atom stereocenters. The van der Waals surface area contributed by atoms with Crippen molar-refractivity contribution in [3.63, 3.8) is 0 Å². The summed E-state index contributed by atoms with van der Waals surface area (Å²) in [6.07, 6.45) is 1.91. The molecule has 166 valence electrons. The number of ether oxygens (including phenoxy) is 2. The highest BCUT2D eigenvalue weighted by molar-refractivity contribution is 8.04. The average molecular weight is 459 g/mol. The molecule has 0 radical (unpaired) electrons. The van der Waals surface area contributed by atoms with Crippen molar-refractivity contribution in [2.75, 3.05) is 18.7 Å². The largest absolute Gasteiger partial charge is 0.454 e. The van der Waals surface area contributed by atoms with Gasteiger partial charge >= 0.3 is 0 Å². The lowest BCUT2D eigenvalue weighted by Crippen LogP contribution is -2.31. The molecule has 3 aromatic carbocycles. The summed E-state index contributed by atoms with van der Waals surface area (Å²) in [4.78, 5) is 28.9. The normalized spacial score (nSPS) is 15.5. The van der Waals surface area contributed by atoms with Gasteiger partial charge in [-0.1, -0.05) is 47.7 Å². The number of likely N-dealkylation sites (N-methyl/N-ethyl adjacent to an activating group) is 1. The molecule has 0 saturated carbocycles. The lowest BCUT2D eigenvalue weighted by molar-refractivity contribution is -0.114. The van der Waals surface area contributed by atoms with Gasteiger partial charge in [0, 0.05) is 24.1 Å². The molecular formula is C26H22N2O4S. The predicted octanol–water partition coefficient (Wildman–Crippen LogP) is 4.76. The molecule has 0 fully saturated rings. The summed E-state index contributed by atoms with van der Waals surface area (Å²) in [7, 11) is 1.74. The summed E-state index contributed by atoms with van der Waals surface area (Å²) < 4.78 is 10.7. The minimum atomic E-state index is -0.206. The molecule has 7 heteroatoms. The Kier molecular flexibility index (Phi) is 5.56. The number of carbonyl (C=O) groups is 2. The third-order valence-corrected chi connectivity index (χ3v) is 6.63. The number of thioether (sulfide) groups is 1. The Balaban J connectivity index is 1.32. The highest BCUT2D eigenvalue weighted by Gasteiger charge is 2.27. The zero-order valence-corrected chi connectivity index (χ0v) is 19.1. The van der Waals surface area contributed by atoms with E-state index in [1.165, 1.54) is 11.8 Å². The molecule has 5 rings (SSSR count). The number of anilines is 1. The minimum absolute atomic E-state index is 0.0908. The first-order chi connectivity index (χ1) is 16.0. The topological polar surface area (TPSA) is 67.9 Å². The molecule has 6 nitrogen and oxygen atoms in total. The van der Waals surface area contributed by atoms with Crippen molar-refractivity contribution in [1.82, 2.24) is 5.32 Å². The number of nitrogens with zero attached hydrogens (tertiary/aromatic N) is 1. The molecular weight excluding hydrogens is 436 g/mol. The monoisotopic (exact) mass is 458 g/mol. The summed E-state index contributed by atoms with van der Waals surface area (Å²) in [6, 6.07) is 19.1. The molecule has 0 saturated heterocycles. The van der Waals surface area contributed by atoms with Gasteiger partial charge < -0.3 is 19.7 Å².